The second kappa shape index (κ2) is 8.67. The van der Waals surface area contributed by atoms with Gasteiger partial charge in [-0.25, -0.2) is 4.79 Å². The van der Waals surface area contributed by atoms with E-state index in [1.807, 2.05) is 48.5 Å². The number of hydrogen-bond acceptors (Lipinski definition) is 4. The van der Waals surface area contributed by atoms with Crippen molar-refractivity contribution in [3.05, 3.63) is 95.6 Å². The zero-order chi connectivity index (χ0) is 19.1. The van der Waals surface area contributed by atoms with Crippen LogP contribution in [0.3, 0.4) is 0 Å². The standard InChI is InChI=1S/C22H20N2O3/c1-23-20-10-6-5-9-19(20)21(25)24-18-13-11-17(12-14-18)22(26)27-15-16-7-3-2-4-8-16/h2-14,23H,15H2,1H3,(H,24,25). The second-order valence-corrected chi connectivity index (χ2v) is 5.89. The molecule has 27 heavy (non-hydrogen) atoms. The van der Waals surface area contributed by atoms with Crippen LogP contribution >= 0.6 is 0 Å². The first kappa shape index (κ1) is 18.2. The van der Waals surface area contributed by atoms with Crippen molar-refractivity contribution in [3.8, 4) is 0 Å². The van der Waals surface area contributed by atoms with Gasteiger partial charge in [-0.1, -0.05) is 42.5 Å². The molecule has 0 aliphatic heterocycles. The van der Waals surface area contributed by atoms with Crippen molar-refractivity contribution in [2.24, 2.45) is 0 Å². The van der Waals surface area contributed by atoms with Crippen LogP contribution in [0.2, 0.25) is 0 Å². The Labute approximate surface area is 158 Å². The van der Waals surface area contributed by atoms with Crippen molar-refractivity contribution in [2.75, 3.05) is 17.7 Å². The van der Waals surface area contributed by atoms with Gasteiger partial charge in [0.25, 0.3) is 5.91 Å². The second-order valence-electron chi connectivity index (χ2n) is 5.89. The monoisotopic (exact) mass is 360 g/mol. The molecule has 1 amide bonds. The number of para-hydroxylation sites is 1. The van der Waals surface area contributed by atoms with Gasteiger partial charge in [-0.15, -0.1) is 0 Å². The maximum absolute atomic E-state index is 12.4. The summed E-state index contributed by atoms with van der Waals surface area (Å²) < 4.78 is 5.30. The number of ether oxygens (including phenoxy) is 1. The van der Waals surface area contributed by atoms with Gasteiger partial charge in [0.05, 0.1) is 11.1 Å². The molecule has 5 nitrogen and oxygen atoms in total. The van der Waals surface area contributed by atoms with E-state index in [4.69, 9.17) is 4.74 Å². The molecule has 0 unspecified atom stereocenters. The Balaban J connectivity index is 1.61. The average molecular weight is 360 g/mol. The molecule has 136 valence electrons. The molecule has 0 aliphatic rings. The van der Waals surface area contributed by atoms with E-state index in [9.17, 15) is 9.59 Å². The van der Waals surface area contributed by atoms with Crippen molar-refractivity contribution < 1.29 is 14.3 Å². The number of anilines is 2. The van der Waals surface area contributed by atoms with Crippen molar-refractivity contribution in [3.63, 3.8) is 0 Å². The maximum atomic E-state index is 12.4. The number of hydrogen-bond donors (Lipinski definition) is 2. The van der Waals surface area contributed by atoms with Crippen molar-refractivity contribution >= 4 is 23.3 Å². The lowest BCUT2D eigenvalue weighted by Gasteiger charge is -2.10. The highest BCUT2D eigenvalue weighted by atomic mass is 16.5. The SMILES string of the molecule is CNc1ccccc1C(=O)Nc1ccc(C(=O)OCc2ccccc2)cc1. The van der Waals surface area contributed by atoms with Gasteiger partial charge in [-0.3, -0.25) is 4.79 Å². The molecular weight excluding hydrogens is 340 g/mol. The summed E-state index contributed by atoms with van der Waals surface area (Å²) in [4.78, 5) is 24.6. The predicted molar refractivity (Wildman–Crippen MR) is 106 cm³/mol. The third kappa shape index (κ3) is 4.73. The zero-order valence-corrected chi connectivity index (χ0v) is 14.9. The molecule has 0 radical (unpaired) electrons. The summed E-state index contributed by atoms with van der Waals surface area (Å²) in [7, 11) is 1.77. The number of amides is 1. The third-order valence-corrected chi connectivity index (χ3v) is 4.03. The largest absolute Gasteiger partial charge is 0.457 e. The van der Waals surface area contributed by atoms with Gasteiger partial charge in [0.2, 0.25) is 0 Å². The van der Waals surface area contributed by atoms with Crippen LogP contribution in [0.15, 0.2) is 78.9 Å². The third-order valence-electron chi connectivity index (χ3n) is 4.03. The zero-order valence-electron chi connectivity index (χ0n) is 14.9. The molecular formula is C22H20N2O3. The number of benzene rings is 3. The van der Waals surface area contributed by atoms with E-state index in [-0.39, 0.29) is 12.5 Å². The van der Waals surface area contributed by atoms with Crippen molar-refractivity contribution in [1.82, 2.24) is 0 Å². The molecule has 3 aromatic carbocycles. The van der Waals surface area contributed by atoms with Crippen LogP contribution in [0.4, 0.5) is 11.4 Å². The highest BCUT2D eigenvalue weighted by molar-refractivity contribution is 6.08. The van der Waals surface area contributed by atoms with Crippen LogP contribution in [0.1, 0.15) is 26.3 Å². The molecule has 0 aliphatic carbocycles. The first-order chi connectivity index (χ1) is 13.2. The molecule has 0 aromatic heterocycles. The predicted octanol–water partition coefficient (Wildman–Crippen LogP) is 4.34. The van der Waals surface area contributed by atoms with Gasteiger partial charge in [-0.05, 0) is 42.0 Å². The fourth-order valence-corrected chi connectivity index (χ4v) is 2.59. The highest BCUT2D eigenvalue weighted by Gasteiger charge is 2.11. The molecule has 0 bridgehead atoms. The molecule has 3 rings (SSSR count). The summed E-state index contributed by atoms with van der Waals surface area (Å²) in [5, 5.41) is 5.82. The lowest BCUT2D eigenvalue weighted by molar-refractivity contribution is 0.0472. The summed E-state index contributed by atoms with van der Waals surface area (Å²) in [6, 6.07) is 23.4. The summed E-state index contributed by atoms with van der Waals surface area (Å²) >= 11 is 0. The molecule has 5 heteroatoms. The number of carbonyl (C=O) groups is 2. The van der Waals surface area contributed by atoms with Gasteiger partial charge in [0, 0.05) is 18.4 Å². The normalized spacial score (nSPS) is 10.1. The molecule has 0 spiro atoms. The van der Waals surface area contributed by atoms with Gasteiger partial charge < -0.3 is 15.4 Å². The molecule has 0 heterocycles. The van der Waals surface area contributed by atoms with Crippen LogP contribution < -0.4 is 10.6 Å². The number of rotatable bonds is 6. The Morgan fingerprint density at radius 3 is 2.22 bits per heavy atom. The number of carbonyl (C=O) groups excluding carboxylic acids is 2. The average Bonchev–Trinajstić information content (AvgIpc) is 2.73. The van der Waals surface area contributed by atoms with Crippen LogP contribution in [0, 0.1) is 0 Å². The van der Waals surface area contributed by atoms with E-state index in [0.29, 0.717) is 16.8 Å². The number of esters is 1. The van der Waals surface area contributed by atoms with Crippen molar-refractivity contribution in [1.29, 1.82) is 0 Å². The lowest BCUT2D eigenvalue weighted by Crippen LogP contribution is -2.14. The van der Waals surface area contributed by atoms with Gasteiger partial charge in [0.15, 0.2) is 0 Å². The summed E-state index contributed by atoms with van der Waals surface area (Å²) in [6.45, 7) is 0.221. The summed E-state index contributed by atoms with van der Waals surface area (Å²) in [6.07, 6.45) is 0. The van der Waals surface area contributed by atoms with E-state index in [0.717, 1.165) is 11.3 Å². The van der Waals surface area contributed by atoms with Gasteiger partial charge in [-0.2, -0.15) is 0 Å². The Bertz CT molecular complexity index is 922. The summed E-state index contributed by atoms with van der Waals surface area (Å²) in [5.41, 5.74) is 3.26. The van der Waals surface area contributed by atoms with Gasteiger partial charge >= 0.3 is 5.97 Å². The Hall–Kier alpha value is -3.60. The molecule has 0 fully saturated rings. The van der Waals surface area contributed by atoms with Crippen molar-refractivity contribution in [2.45, 2.75) is 6.61 Å². The Morgan fingerprint density at radius 2 is 1.52 bits per heavy atom. The quantitative estimate of drug-likeness (QED) is 0.642. The number of nitrogens with one attached hydrogen (secondary N) is 2. The van der Waals surface area contributed by atoms with E-state index in [1.54, 1.807) is 37.4 Å². The summed E-state index contributed by atoms with van der Waals surface area (Å²) in [5.74, 6) is -0.628. The molecule has 3 aromatic rings. The van der Waals surface area contributed by atoms with E-state index in [1.165, 1.54) is 0 Å². The fraction of sp³-hybridized carbons (Fsp3) is 0.0909. The van der Waals surface area contributed by atoms with Crippen LogP contribution in [0.5, 0.6) is 0 Å². The first-order valence-corrected chi connectivity index (χ1v) is 8.56. The Kier molecular flexibility index (Phi) is 5.84. The Morgan fingerprint density at radius 1 is 0.852 bits per heavy atom. The minimum absolute atomic E-state index is 0.221. The lowest BCUT2D eigenvalue weighted by atomic mass is 10.1. The smallest absolute Gasteiger partial charge is 0.338 e. The molecule has 2 N–H and O–H groups in total. The highest BCUT2D eigenvalue weighted by Crippen LogP contribution is 2.17. The first-order valence-electron chi connectivity index (χ1n) is 8.56. The van der Waals surface area contributed by atoms with Crippen LogP contribution in [-0.4, -0.2) is 18.9 Å². The molecule has 0 saturated heterocycles. The molecule has 0 saturated carbocycles. The van der Waals surface area contributed by atoms with Gasteiger partial charge in [0.1, 0.15) is 6.61 Å². The molecule has 0 atom stereocenters. The van der Waals surface area contributed by atoms with Crippen LogP contribution in [-0.2, 0) is 11.3 Å². The minimum atomic E-state index is -0.405. The van der Waals surface area contributed by atoms with E-state index < -0.39 is 5.97 Å². The van der Waals surface area contributed by atoms with Crippen LogP contribution in [0.25, 0.3) is 0 Å². The van der Waals surface area contributed by atoms with E-state index >= 15 is 0 Å². The topological polar surface area (TPSA) is 67.4 Å². The minimum Gasteiger partial charge on any atom is -0.457 e. The maximum Gasteiger partial charge on any atom is 0.338 e. The fourth-order valence-electron chi connectivity index (χ4n) is 2.59. The van der Waals surface area contributed by atoms with E-state index in [2.05, 4.69) is 10.6 Å².